The number of nitrogens with one attached hydrogen (secondary N) is 2. The maximum atomic E-state index is 5.66. The first-order chi connectivity index (χ1) is 9.86. The van der Waals surface area contributed by atoms with Crippen molar-refractivity contribution in [2.45, 2.75) is 57.2 Å². The van der Waals surface area contributed by atoms with Gasteiger partial charge in [-0.15, -0.1) is 0 Å². The molecule has 116 valence electrons. The lowest BCUT2D eigenvalue weighted by atomic mass is 9.92. The summed E-state index contributed by atoms with van der Waals surface area (Å²) >= 11 is 0. The highest BCUT2D eigenvalue weighted by atomic mass is 16.5. The van der Waals surface area contributed by atoms with Gasteiger partial charge in [0.05, 0.1) is 13.2 Å². The van der Waals surface area contributed by atoms with E-state index in [-0.39, 0.29) is 0 Å². The Kier molecular flexibility index (Phi) is 5.32. The molecule has 2 heterocycles. The SMILES string of the molecule is CCN1CCC(NC2CCCC2C2COCCN2)CC1. The molecule has 0 radical (unpaired) electrons. The molecule has 2 aliphatic heterocycles. The van der Waals surface area contributed by atoms with Gasteiger partial charge in [0.2, 0.25) is 0 Å². The van der Waals surface area contributed by atoms with E-state index in [1.165, 1.54) is 51.7 Å². The Hall–Kier alpha value is -0.160. The summed E-state index contributed by atoms with van der Waals surface area (Å²) in [7, 11) is 0. The van der Waals surface area contributed by atoms with Gasteiger partial charge in [0, 0.05) is 24.7 Å². The Morgan fingerprint density at radius 1 is 1.20 bits per heavy atom. The maximum absolute atomic E-state index is 5.66. The van der Waals surface area contributed by atoms with Gasteiger partial charge in [0.15, 0.2) is 0 Å². The lowest BCUT2D eigenvalue weighted by molar-refractivity contribution is 0.0507. The molecule has 3 unspecified atom stereocenters. The van der Waals surface area contributed by atoms with E-state index in [4.69, 9.17) is 4.74 Å². The molecule has 4 nitrogen and oxygen atoms in total. The zero-order valence-electron chi connectivity index (χ0n) is 12.9. The van der Waals surface area contributed by atoms with Crippen molar-refractivity contribution in [1.82, 2.24) is 15.5 Å². The molecule has 0 amide bonds. The molecule has 0 spiro atoms. The summed E-state index contributed by atoms with van der Waals surface area (Å²) in [6.07, 6.45) is 6.76. The molecule has 20 heavy (non-hydrogen) atoms. The van der Waals surface area contributed by atoms with E-state index in [0.29, 0.717) is 12.1 Å². The Labute approximate surface area is 123 Å². The van der Waals surface area contributed by atoms with Crippen LogP contribution in [0.1, 0.15) is 39.0 Å². The number of hydrogen-bond acceptors (Lipinski definition) is 4. The number of morpholine rings is 1. The van der Waals surface area contributed by atoms with Gasteiger partial charge in [-0.25, -0.2) is 0 Å². The molecule has 0 bridgehead atoms. The van der Waals surface area contributed by atoms with Crippen molar-refractivity contribution < 1.29 is 4.74 Å². The first-order valence-corrected chi connectivity index (χ1v) is 8.66. The van der Waals surface area contributed by atoms with E-state index in [9.17, 15) is 0 Å². The number of nitrogens with zero attached hydrogens (tertiary/aromatic N) is 1. The molecule has 3 rings (SSSR count). The smallest absolute Gasteiger partial charge is 0.0623 e. The van der Waals surface area contributed by atoms with E-state index in [1.54, 1.807) is 0 Å². The van der Waals surface area contributed by atoms with Crippen LogP contribution in [-0.4, -0.2) is 62.4 Å². The minimum absolute atomic E-state index is 0.583. The van der Waals surface area contributed by atoms with Crippen LogP contribution in [0.3, 0.4) is 0 Å². The first kappa shape index (κ1) is 14.8. The van der Waals surface area contributed by atoms with Gasteiger partial charge in [0.1, 0.15) is 0 Å². The molecule has 2 N–H and O–H groups in total. The number of hydrogen-bond donors (Lipinski definition) is 2. The van der Waals surface area contributed by atoms with Crippen molar-refractivity contribution >= 4 is 0 Å². The van der Waals surface area contributed by atoms with Crippen LogP contribution in [0.4, 0.5) is 0 Å². The van der Waals surface area contributed by atoms with E-state index in [1.807, 2.05) is 0 Å². The summed E-state index contributed by atoms with van der Waals surface area (Å²) in [5.74, 6) is 0.777. The second-order valence-electron chi connectivity index (χ2n) is 6.71. The molecule has 0 aromatic rings. The van der Waals surface area contributed by atoms with E-state index in [2.05, 4.69) is 22.5 Å². The molecular weight excluding hydrogens is 250 g/mol. The first-order valence-electron chi connectivity index (χ1n) is 8.66. The highest BCUT2D eigenvalue weighted by Crippen LogP contribution is 2.30. The van der Waals surface area contributed by atoms with Gasteiger partial charge < -0.3 is 20.3 Å². The lowest BCUT2D eigenvalue weighted by Gasteiger charge is -2.37. The van der Waals surface area contributed by atoms with Gasteiger partial charge in [-0.2, -0.15) is 0 Å². The zero-order chi connectivity index (χ0) is 13.8. The van der Waals surface area contributed by atoms with Gasteiger partial charge in [-0.3, -0.25) is 0 Å². The van der Waals surface area contributed by atoms with Crippen molar-refractivity contribution in [3.8, 4) is 0 Å². The fraction of sp³-hybridized carbons (Fsp3) is 1.00. The second kappa shape index (κ2) is 7.21. The summed E-state index contributed by atoms with van der Waals surface area (Å²) in [4.78, 5) is 2.57. The van der Waals surface area contributed by atoms with E-state index < -0.39 is 0 Å². The molecule has 4 heteroatoms. The Morgan fingerprint density at radius 2 is 2.05 bits per heavy atom. The second-order valence-corrected chi connectivity index (χ2v) is 6.71. The number of likely N-dealkylation sites (tertiary alicyclic amines) is 1. The van der Waals surface area contributed by atoms with Crippen molar-refractivity contribution in [2.24, 2.45) is 5.92 Å². The molecule has 1 aliphatic carbocycles. The molecule has 0 aromatic carbocycles. The van der Waals surface area contributed by atoms with Crippen LogP contribution in [0.25, 0.3) is 0 Å². The maximum Gasteiger partial charge on any atom is 0.0623 e. The molecular formula is C16H31N3O. The van der Waals surface area contributed by atoms with Crippen molar-refractivity contribution in [3.05, 3.63) is 0 Å². The number of rotatable bonds is 4. The van der Waals surface area contributed by atoms with Crippen LogP contribution >= 0.6 is 0 Å². The van der Waals surface area contributed by atoms with E-state index >= 15 is 0 Å². The molecule has 1 saturated carbocycles. The predicted molar refractivity (Wildman–Crippen MR) is 82.0 cm³/mol. The molecule has 2 saturated heterocycles. The van der Waals surface area contributed by atoms with Crippen LogP contribution in [0.2, 0.25) is 0 Å². The molecule has 0 aromatic heterocycles. The van der Waals surface area contributed by atoms with Crippen molar-refractivity contribution in [3.63, 3.8) is 0 Å². The average Bonchev–Trinajstić information content (AvgIpc) is 2.97. The minimum atomic E-state index is 0.583. The fourth-order valence-electron chi connectivity index (χ4n) is 4.26. The summed E-state index contributed by atoms with van der Waals surface area (Å²) < 4.78 is 5.66. The van der Waals surface area contributed by atoms with Crippen LogP contribution in [0.5, 0.6) is 0 Å². The normalized spacial score (nSPS) is 37.4. The highest BCUT2D eigenvalue weighted by Gasteiger charge is 2.35. The standard InChI is InChI=1S/C16H31N3O/c1-2-19-9-6-13(7-10-19)18-15-5-3-4-14(15)16-12-20-11-8-17-16/h13-18H,2-12H2,1H3. The Bertz CT molecular complexity index is 285. The van der Waals surface area contributed by atoms with Crippen LogP contribution in [0.15, 0.2) is 0 Å². The lowest BCUT2D eigenvalue weighted by Crippen LogP contribution is -2.53. The summed E-state index contributed by atoms with van der Waals surface area (Å²) in [6, 6.07) is 2.04. The van der Waals surface area contributed by atoms with Crippen LogP contribution in [-0.2, 0) is 4.74 Å². The minimum Gasteiger partial charge on any atom is -0.379 e. The van der Waals surface area contributed by atoms with E-state index in [0.717, 1.165) is 31.7 Å². The zero-order valence-corrected chi connectivity index (χ0v) is 12.9. The van der Waals surface area contributed by atoms with Gasteiger partial charge in [-0.1, -0.05) is 13.3 Å². The quantitative estimate of drug-likeness (QED) is 0.812. The summed E-state index contributed by atoms with van der Waals surface area (Å²) in [5, 5.41) is 7.66. The predicted octanol–water partition coefficient (Wildman–Crippen LogP) is 1.22. The van der Waals surface area contributed by atoms with Crippen molar-refractivity contribution in [2.75, 3.05) is 39.4 Å². The van der Waals surface area contributed by atoms with Crippen LogP contribution in [0, 0.1) is 5.92 Å². The summed E-state index contributed by atoms with van der Waals surface area (Å²) in [5.41, 5.74) is 0. The van der Waals surface area contributed by atoms with Crippen molar-refractivity contribution in [1.29, 1.82) is 0 Å². The third-order valence-electron chi connectivity index (χ3n) is 5.52. The van der Waals surface area contributed by atoms with Gasteiger partial charge in [0.25, 0.3) is 0 Å². The fourth-order valence-corrected chi connectivity index (χ4v) is 4.26. The van der Waals surface area contributed by atoms with Gasteiger partial charge >= 0.3 is 0 Å². The Morgan fingerprint density at radius 3 is 2.75 bits per heavy atom. The average molecular weight is 281 g/mol. The topological polar surface area (TPSA) is 36.5 Å². The molecule has 3 aliphatic rings. The summed E-state index contributed by atoms with van der Waals surface area (Å²) in [6.45, 7) is 8.86. The molecule has 3 atom stereocenters. The Balaban J connectivity index is 1.48. The van der Waals surface area contributed by atoms with Crippen LogP contribution < -0.4 is 10.6 Å². The third kappa shape index (κ3) is 3.53. The number of piperidine rings is 1. The largest absolute Gasteiger partial charge is 0.379 e. The monoisotopic (exact) mass is 281 g/mol. The third-order valence-corrected chi connectivity index (χ3v) is 5.52. The number of ether oxygens (including phenoxy) is 1. The highest BCUT2D eigenvalue weighted by molar-refractivity contribution is 4.94. The van der Waals surface area contributed by atoms with Gasteiger partial charge in [-0.05, 0) is 51.2 Å². The molecule has 3 fully saturated rings.